The van der Waals surface area contributed by atoms with E-state index < -0.39 is 0 Å². The summed E-state index contributed by atoms with van der Waals surface area (Å²) in [6.07, 6.45) is 21.7. The van der Waals surface area contributed by atoms with Crippen LogP contribution in [0.4, 0.5) is 0 Å². The summed E-state index contributed by atoms with van der Waals surface area (Å²) in [5.74, 6) is 7.45. The summed E-state index contributed by atoms with van der Waals surface area (Å²) in [4.78, 5) is 0. The fourth-order valence-electron chi connectivity index (χ4n) is 8.16. The molecule has 5 rings (SSSR count). The summed E-state index contributed by atoms with van der Waals surface area (Å²) in [5, 5.41) is 0. The number of hydrogen-bond donors (Lipinski definition) is 0. The zero-order valence-electron chi connectivity index (χ0n) is 23.5. The van der Waals surface area contributed by atoms with Crippen molar-refractivity contribution < 1.29 is 14.2 Å². The molecular formula is C33H54O3. The molecule has 4 aliphatic carbocycles. The van der Waals surface area contributed by atoms with Crippen LogP contribution in [0.5, 0.6) is 0 Å². The number of hydrogen-bond acceptors (Lipinski definition) is 3. The Morgan fingerprint density at radius 1 is 0.778 bits per heavy atom. The van der Waals surface area contributed by atoms with E-state index in [1.54, 1.807) is 0 Å². The van der Waals surface area contributed by atoms with Gasteiger partial charge in [-0.3, -0.25) is 0 Å². The third-order valence-electron chi connectivity index (χ3n) is 10.7. The molecule has 1 saturated heterocycles. The summed E-state index contributed by atoms with van der Waals surface area (Å²) >= 11 is 0. The zero-order valence-corrected chi connectivity index (χ0v) is 23.5. The summed E-state index contributed by atoms with van der Waals surface area (Å²) in [7, 11) is 0. The quantitative estimate of drug-likeness (QED) is 0.136. The first-order valence-corrected chi connectivity index (χ1v) is 15.7. The second-order valence-corrected chi connectivity index (χ2v) is 13.8. The number of fused-ring (bicyclic) bond motifs is 2. The van der Waals surface area contributed by atoms with Crippen LogP contribution < -0.4 is 0 Å². The Hall–Kier alpha value is -0.960. The molecule has 4 saturated carbocycles. The van der Waals surface area contributed by atoms with Gasteiger partial charge in [-0.1, -0.05) is 58.6 Å². The van der Waals surface area contributed by atoms with E-state index in [9.17, 15) is 0 Å². The molecule has 36 heavy (non-hydrogen) atoms. The van der Waals surface area contributed by atoms with Gasteiger partial charge in [-0.05, 0) is 101 Å². The van der Waals surface area contributed by atoms with Gasteiger partial charge in [-0.25, -0.2) is 0 Å². The lowest BCUT2D eigenvalue weighted by atomic mass is 9.73. The Bertz CT molecular complexity index is 760. The van der Waals surface area contributed by atoms with Gasteiger partial charge in [-0.15, -0.1) is 0 Å². The van der Waals surface area contributed by atoms with Crippen LogP contribution >= 0.6 is 0 Å². The molecule has 3 nitrogen and oxygen atoms in total. The first-order valence-electron chi connectivity index (χ1n) is 15.7. The van der Waals surface area contributed by atoms with Crippen LogP contribution in [0.1, 0.15) is 117 Å². The molecule has 204 valence electrons. The Labute approximate surface area is 221 Å². The van der Waals surface area contributed by atoms with E-state index in [-0.39, 0.29) is 17.4 Å². The third-order valence-corrected chi connectivity index (χ3v) is 10.7. The van der Waals surface area contributed by atoms with E-state index >= 15 is 0 Å². The summed E-state index contributed by atoms with van der Waals surface area (Å²) in [5.41, 5.74) is 0.00594. The molecule has 9 unspecified atom stereocenters. The average Bonchev–Trinajstić information content (AvgIpc) is 3.76. The maximum Gasteiger partial charge on any atom is 0.0927 e. The van der Waals surface area contributed by atoms with Gasteiger partial charge >= 0.3 is 0 Å². The predicted octanol–water partition coefficient (Wildman–Crippen LogP) is 8.83. The van der Waals surface area contributed by atoms with Gasteiger partial charge in [0.2, 0.25) is 0 Å². The Morgan fingerprint density at radius 2 is 1.47 bits per heavy atom. The van der Waals surface area contributed by atoms with Crippen molar-refractivity contribution in [2.45, 2.75) is 128 Å². The van der Waals surface area contributed by atoms with Crippen LogP contribution in [0, 0.1) is 41.4 Å². The molecule has 0 aromatic heterocycles. The minimum absolute atomic E-state index is 0.00594. The van der Waals surface area contributed by atoms with Crippen molar-refractivity contribution in [2.75, 3.05) is 13.2 Å². The van der Waals surface area contributed by atoms with Gasteiger partial charge in [-0.2, -0.15) is 0 Å². The van der Waals surface area contributed by atoms with Gasteiger partial charge in [0.1, 0.15) is 0 Å². The van der Waals surface area contributed by atoms with Gasteiger partial charge in [0.05, 0.1) is 36.4 Å². The van der Waals surface area contributed by atoms with Crippen molar-refractivity contribution in [3.8, 4) is 0 Å². The van der Waals surface area contributed by atoms with Crippen LogP contribution in [0.3, 0.4) is 0 Å². The Morgan fingerprint density at radius 3 is 2.17 bits per heavy atom. The SMILES string of the molecule is C=C(OCCCCC1CCC2CC2C1)C1CC2OC2(C)CC1C(=C)OCCCCC1CCCC(C)C1. The van der Waals surface area contributed by atoms with Crippen molar-refractivity contribution in [3.63, 3.8) is 0 Å². The molecule has 1 heterocycles. The highest BCUT2D eigenvalue weighted by molar-refractivity contribution is 5.17. The minimum atomic E-state index is 0.00594. The van der Waals surface area contributed by atoms with Gasteiger partial charge < -0.3 is 14.2 Å². The first kappa shape index (κ1) is 26.6. The molecule has 0 aromatic rings. The van der Waals surface area contributed by atoms with E-state index in [4.69, 9.17) is 14.2 Å². The van der Waals surface area contributed by atoms with Crippen LogP contribution in [-0.2, 0) is 14.2 Å². The number of allylic oxidation sites excluding steroid dienone is 2. The fraction of sp³-hybridized carbons (Fsp3) is 0.879. The number of unbranched alkanes of at least 4 members (excludes halogenated alkanes) is 2. The molecule has 5 aliphatic rings. The van der Waals surface area contributed by atoms with Crippen LogP contribution in [-0.4, -0.2) is 24.9 Å². The van der Waals surface area contributed by atoms with Crippen molar-refractivity contribution >= 4 is 0 Å². The average molecular weight is 499 g/mol. The number of epoxide rings is 1. The second-order valence-electron chi connectivity index (χ2n) is 13.8. The largest absolute Gasteiger partial charge is 0.498 e. The van der Waals surface area contributed by atoms with E-state index in [0.717, 1.165) is 80.0 Å². The van der Waals surface area contributed by atoms with Crippen LogP contribution in [0.25, 0.3) is 0 Å². The molecule has 0 radical (unpaired) electrons. The second kappa shape index (κ2) is 11.8. The lowest BCUT2D eigenvalue weighted by molar-refractivity contribution is 0.0953. The van der Waals surface area contributed by atoms with E-state index in [0.29, 0.717) is 6.10 Å². The van der Waals surface area contributed by atoms with Crippen molar-refractivity contribution in [1.29, 1.82) is 0 Å². The maximum absolute atomic E-state index is 6.26. The van der Waals surface area contributed by atoms with Crippen molar-refractivity contribution in [3.05, 3.63) is 24.7 Å². The predicted molar refractivity (Wildman–Crippen MR) is 147 cm³/mol. The summed E-state index contributed by atoms with van der Waals surface area (Å²) in [6, 6.07) is 0. The summed E-state index contributed by atoms with van der Waals surface area (Å²) < 4.78 is 18.6. The van der Waals surface area contributed by atoms with E-state index in [1.807, 2.05) is 0 Å². The monoisotopic (exact) mass is 498 g/mol. The molecule has 0 aromatic carbocycles. The van der Waals surface area contributed by atoms with Gasteiger partial charge in [0.15, 0.2) is 0 Å². The lowest BCUT2D eigenvalue weighted by Gasteiger charge is -2.34. The van der Waals surface area contributed by atoms with Gasteiger partial charge in [0.25, 0.3) is 0 Å². The smallest absolute Gasteiger partial charge is 0.0927 e. The number of rotatable bonds is 14. The third kappa shape index (κ3) is 6.91. The molecule has 0 amide bonds. The molecule has 3 heteroatoms. The molecule has 1 aliphatic heterocycles. The number of ether oxygens (including phenoxy) is 3. The van der Waals surface area contributed by atoms with Crippen LogP contribution in [0.2, 0.25) is 0 Å². The van der Waals surface area contributed by atoms with Crippen molar-refractivity contribution in [2.24, 2.45) is 41.4 Å². The maximum atomic E-state index is 6.26. The molecule has 0 bridgehead atoms. The summed E-state index contributed by atoms with van der Waals surface area (Å²) in [6.45, 7) is 15.0. The van der Waals surface area contributed by atoms with E-state index in [2.05, 4.69) is 27.0 Å². The molecular weight excluding hydrogens is 444 g/mol. The highest BCUT2D eigenvalue weighted by Gasteiger charge is 2.59. The van der Waals surface area contributed by atoms with Crippen molar-refractivity contribution in [1.82, 2.24) is 0 Å². The highest BCUT2D eigenvalue weighted by Crippen LogP contribution is 2.55. The normalized spacial score (nSPS) is 41.1. The zero-order chi connectivity index (χ0) is 25.1. The molecule has 0 N–H and O–H groups in total. The fourth-order valence-corrected chi connectivity index (χ4v) is 8.16. The first-order chi connectivity index (χ1) is 17.4. The highest BCUT2D eigenvalue weighted by atomic mass is 16.6. The molecule has 9 atom stereocenters. The molecule has 0 spiro atoms. The van der Waals surface area contributed by atoms with E-state index in [1.165, 1.54) is 77.0 Å². The Balaban J connectivity index is 0.995. The van der Waals surface area contributed by atoms with Crippen LogP contribution in [0.15, 0.2) is 24.7 Å². The standard InChI is InChI=1S/C33H54O3/c1-23-10-9-13-26(18-23)11-5-7-17-35-25(3)31-22-33(4)32(36-33)21-30(31)24(2)34-16-8-6-12-27-14-15-28-20-29(28)19-27/h23,26-32H,2-3,5-22H2,1,4H3. The minimum Gasteiger partial charge on any atom is -0.498 e. The lowest BCUT2D eigenvalue weighted by Crippen LogP contribution is -2.33. The molecule has 5 fully saturated rings. The van der Waals surface area contributed by atoms with Gasteiger partial charge in [0, 0.05) is 11.8 Å². The topological polar surface area (TPSA) is 31.0 Å². The Kier molecular flexibility index (Phi) is 8.76.